The Kier molecular flexibility index (Phi) is 4.31. The van der Waals surface area contributed by atoms with Crippen LogP contribution < -0.4 is 11.3 Å². The summed E-state index contributed by atoms with van der Waals surface area (Å²) in [6, 6.07) is 11.2. The van der Waals surface area contributed by atoms with Gasteiger partial charge in [0.25, 0.3) is 5.56 Å². The predicted octanol–water partition coefficient (Wildman–Crippen LogP) is 3.25. The maximum atomic E-state index is 11.9. The minimum absolute atomic E-state index is 0.0490. The first kappa shape index (κ1) is 16.1. The van der Waals surface area contributed by atoms with E-state index in [0.717, 1.165) is 5.56 Å². The topological polar surface area (TPSA) is 97.5 Å². The van der Waals surface area contributed by atoms with Crippen molar-refractivity contribution in [3.63, 3.8) is 0 Å². The number of nitrogens with zero attached hydrogens (tertiary/aromatic N) is 3. The molecule has 0 fully saturated rings. The Morgan fingerprint density at radius 3 is 2.50 bits per heavy atom. The van der Waals surface area contributed by atoms with E-state index in [1.165, 1.54) is 0 Å². The van der Waals surface area contributed by atoms with Crippen molar-refractivity contribution in [1.29, 1.82) is 0 Å². The molecule has 0 saturated carbocycles. The number of H-pyrrole nitrogens is 1. The van der Waals surface area contributed by atoms with Crippen molar-refractivity contribution in [2.45, 2.75) is 19.8 Å². The average Bonchev–Trinajstić information content (AvgIpc) is 2.58. The number of hydrogen-bond acceptors (Lipinski definition) is 5. The molecule has 2 aromatic heterocycles. The summed E-state index contributed by atoms with van der Waals surface area (Å²) < 4.78 is 0. The van der Waals surface area contributed by atoms with Crippen LogP contribution in [0.4, 0.5) is 5.82 Å². The lowest BCUT2D eigenvalue weighted by Gasteiger charge is -2.11. The third-order valence-electron chi connectivity index (χ3n) is 3.62. The van der Waals surface area contributed by atoms with E-state index in [1.807, 2.05) is 44.2 Å². The molecule has 0 amide bonds. The molecule has 24 heavy (non-hydrogen) atoms. The summed E-state index contributed by atoms with van der Waals surface area (Å²) in [6.45, 7) is 3.88. The van der Waals surface area contributed by atoms with Gasteiger partial charge in [-0.1, -0.05) is 55.8 Å². The number of nitrogens with one attached hydrogen (secondary N) is 1. The van der Waals surface area contributed by atoms with Gasteiger partial charge in [-0.05, 0) is 12.0 Å². The summed E-state index contributed by atoms with van der Waals surface area (Å²) in [5.74, 6) is 0.195. The van der Waals surface area contributed by atoms with Gasteiger partial charge in [0.2, 0.25) is 0 Å². The molecular formula is C17H16ClN5O. The highest BCUT2D eigenvalue weighted by Crippen LogP contribution is 2.31. The Balaban J connectivity index is 2.27. The fourth-order valence-corrected chi connectivity index (χ4v) is 2.50. The second-order valence-electron chi connectivity index (χ2n) is 5.66. The van der Waals surface area contributed by atoms with Crippen LogP contribution in [-0.2, 0) is 0 Å². The Bertz CT molecular complexity index is 937. The minimum Gasteiger partial charge on any atom is -0.381 e. The second-order valence-corrected chi connectivity index (χ2v) is 6.01. The first-order chi connectivity index (χ1) is 11.5. The first-order valence-corrected chi connectivity index (χ1v) is 7.83. The SMILES string of the molecule is CC(C)c1cc(-c2nc(Cl)c(N)nc2-c2ccccc2)n[nH]c1=O. The number of anilines is 1. The van der Waals surface area contributed by atoms with Crippen LogP contribution in [0.1, 0.15) is 25.3 Å². The standard InChI is InChI=1S/C17H16ClN5O/c1-9(2)11-8-12(22-23-17(11)24)14-13(10-6-4-3-5-7-10)21-16(19)15(18)20-14/h3-9H,1-2H3,(H2,19,21)(H,23,24). The number of halogens is 1. The molecular weight excluding hydrogens is 326 g/mol. The molecule has 3 aromatic rings. The third kappa shape index (κ3) is 3.00. The van der Waals surface area contributed by atoms with Gasteiger partial charge in [-0.3, -0.25) is 4.79 Å². The fraction of sp³-hybridized carbons (Fsp3) is 0.176. The molecule has 0 aliphatic carbocycles. The zero-order chi connectivity index (χ0) is 17.3. The highest BCUT2D eigenvalue weighted by molar-refractivity contribution is 6.31. The van der Waals surface area contributed by atoms with Crippen LogP contribution in [-0.4, -0.2) is 20.2 Å². The van der Waals surface area contributed by atoms with Gasteiger partial charge in [0.05, 0.1) is 0 Å². The van der Waals surface area contributed by atoms with Crippen molar-refractivity contribution in [3.05, 3.63) is 57.5 Å². The van der Waals surface area contributed by atoms with Gasteiger partial charge in [-0.2, -0.15) is 5.10 Å². The van der Waals surface area contributed by atoms with E-state index in [1.54, 1.807) is 6.07 Å². The summed E-state index contributed by atoms with van der Waals surface area (Å²) in [6.07, 6.45) is 0. The Labute approximate surface area is 143 Å². The highest BCUT2D eigenvalue weighted by atomic mass is 35.5. The normalized spacial score (nSPS) is 11.0. The minimum atomic E-state index is -0.218. The number of nitrogens with two attached hydrogens (primary N) is 1. The Morgan fingerprint density at radius 1 is 1.12 bits per heavy atom. The molecule has 7 heteroatoms. The van der Waals surface area contributed by atoms with Crippen LogP contribution in [0.3, 0.4) is 0 Å². The molecule has 0 saturated heterocycles. The zero-order valence-corrected chi connectivity index (χ0v) is 14.0. The van der Waals surface area contributed by atoms with Crippen molar-refractivity contribution in [1.82, 2.24) is 20.2 Å². The van der Waals surface area contributed by atoms with Crippen molar-refractivity contribution in [3.8, 4) is 22.6 Å². The van der Waals surface area contributed by atoms with Crippen molar-refractivity contribution >= 4 is 17.4 Å². The molecule has 0 aliphatic heterocycles. The number of hydrogen-bond donors (Lipinski definition) is 2. The summed E-state index contributed by atoms with van der Waals surface area (Å²) in [5, 5.41) is 6.72. The first-order valence-electron chi connectivity index (χ1n) is 7.45. The third-order valence-corrected chi connectivity index (χ3v) is 3.90. The maximum absolute atomic E-state index is 11.9. The van der Waals surface area contributed by atoms with Crippen molar-refractivity contribution in [2.24, 2.45) is 0 Å². The van der Waals surface area contributed by atoms with E-state index in [4.69, 9.17) is 17.3 Å². The van der Waals surface area contributed by atoms with Crippen LogP contribution in [0, 0.1) is 0 Å². The second kappa shape index (κ2) is 6.41. The van der Waals surface area contributed by atoms with Crippen LogP contribution in [0.2, 0.25) is 5.15 Å². The molecule has 3 N–H and O–H groups in total. The van der Waals surface area contributed by atoms with E-state index in [0.29, 0.717) is 22.6 Å². The lowest BCUT2D eigenvalue weighted by Crippen LogP contribution is -2.16. The Morgan fingerprint density at radius 2 is 1.83 bits per heavy atom. The van der Waals surface area contributed by atoms with Gasteiger partial charge in [0, 0.05) is 11.1 Å². The largest absolute Gasteiger partial charge is 0.381 e. The Hall–Kier alpha value is -2.73. The molecule has 6 nitrogen and oxygen atoms in total. The maximum Gasteiger partial charge on any atom is 0.267 e. The monoisotopic (exact) mass is 341 g/mol. The molecule has 0 unspecified atom stereocenters. The number of aromatic amines is 1. The van der Waals surface area contributed by atoms with Crippen LogP contribution in [0.5, 0.6) is 0 Å². The van der Waals surface area contributed by atoms with Gasteiger partial charge in [0.15, 0.2) is 11.0 Å². The number of benzene rings is 1. The molecule has 0 atom stereocenters. The predicted molar refractivity (Wildman–Crippen MR) is 94.8 cm³/mol. The average molecular weight is 342 g/mol. The number of nitrogen functional groups attached to an aromatic ring is 1. The molecule has 2 heterocycles. The fourth-order valence-electron chi connectivity index (χ4n) is 2.37. The van der Waals surface area contributed by atoms with E-state index < -0.39 is 0 Å². The lowest BCUT2D eigenvalue weighted by atomic mass is 10.0. The molecule has 3 rings (SSSR count). The molecule has 0 spiro atoms. The molecule has 0 radical (unpaired) electrons. The smallest absolute Gasteiger partial charge is 0.267 e. The van der Waals surface area contributed by atoms with E-state index in [-0.39, 0.29) is 22.4 Å². The van der Waals surface area contributed by atoms with Gasteiger partial charge in [-0.15, -0.1) is 0 Å². The molecule has 122 valence electrons. The van der Waals surface area contributed by atoms with Crippen LogP contribution in [0.25, 0.3) is 22.6 Å². The van der Waals surface area contributed by atoms with Gasteiger partial charge >= 0.3 is 0 Å². The lowest BCUT2D eigenvalue weighted by molar-refractivity contribution is 0.821. The molecule has 0 bridgehead atoms. The van der Waals surface area contributed by atoms with E-state index in [9.17, 15) is 4.79 Å². The van der Waals surface area contributed by atoms with Crippen LogP contribution >= 0.6 is 11.6 Å². The summed E-state index contributed by atoms with van der Waals surface area (Å²) in [4.78, 5) is 20.6. The van der Waals surface area contributed by atoms with Gasteiger partial charge < -0.3 is 5.73 Å². The van der Waals surface area contributed by atoms with Crippen molar-refractivity contribution < 1.29 is 0 Å². The van der Waals surface area contributed by atoms with Crippen LogP contribution in [0.15, 0.2) is 41.2 Å². The quantitative estimate of drug-likeness (QED) is 0.762. The van der Waals surface area contributed by atoms with E-state index >= 15 is 0 Å². The van der Waals surface area contributed by atoms with Gasteiger partial charge in [0.1, 0.15) is 17.1 Å². The van der Waals surface area contributed by atoms with Crippen molar-refractivity contribution in [2.75, 3.05) is 5.73 Å². The molecule has 0 aliphatic rings. The number of aromatic nitrogens is 4. The molecule has 1 aromatic carbocycles. The summed E-state index contributed by atoms with van der Waals surface area (Å²) in [5.41, 5.74) is 8.59. The van der Waals surface area contributed by atoms with E-state index in [2.05, 4.69) is 20.2 Å². The summed E-state index contributed by atoms with van der Waals surface area (Å²) >= 11 is 6.06. The van der Waals surface area contributed by atoms with Gasteiger partial charge in [-0.25, -0.2) is 15.1 Å². The zero-order valence-electron chi connectivity index (χ0n) is 13.2. The highest BCUT2D eigenvalue weighted by Gasteiger charge is 2.17. The number of rotatable bonds is 3. The summed E-state index contributed by atoms with van der Waals surface area (Å²) in [7, 11) is 0.